The zero-order valence-electron chi connectivity index (χ0n) is 13.0. The number of carbonyl (C=O) groups is 1. The lowest BCUT2D eigenvalue weighted by Gasteiger charge is -2.29. The first kappa shape index (κ1) is 17.1. The van der Waals surface area contributed by atoms with Gasteiger partial charge >= 0.3 is 0 Å². The SMILES string of the molecule is O=C(CS(=O)Cc1ccc(F)cc1Cl)N1CCCc2ccccc21. The summed E-state index contributed by atoms with van der Waals surface area (Å²) in [6.07, 6.45) is 1.85. The van der Waals surface area contributed by atoms with Crippen LogP contribution in [0.4, 0.5) is 10.1 Å². The van der Waals surface area contributed by atoms with Gasteiger partial charge in [0.25, 0.3) is 0 Å². The van der Waals surface area contributed by atoms with E-state index in [9.17, 15) is 13.4 Å². The lowest BCUT2D eigenvalue weighted by atomic mass is 10.0. The summed E-state index contributed by atoms with van der Waals surface area (Å²) in [5.41, 5.74) is 2.64. The number of hydrogen-bond donors (Lipinski definition) is 0. The first-order chi connectivity index (χ1) is 11.5. The van der Waals surface area contributed by atoms with Crippen LogP contribution in [0.15, 0.2) is 42.5 Å². The van der Waals surface area contributed by atoms with Crippen LogP contribution in [-0.2, 0) is 27.8 Å². The summed E-state index contributed by atoms with van der Waals surface area (Å²) in [4.78, 5) is 14.3. The third kappa shape index (κ3) is 3.84. The second-order valence-corrected chi connectivity index (χ2v) is 7.61. The van der Waals surface area contributed by atoms with Crippen LogP contribution in [-0.4, -0.2) is 22.4 Å². The van der Waals surface area contributed by atoms with E-state index in [1.54, 1.807) is 4.90 Å². The average Bonchev–Trinajstić information content (AvgIpc) is 2.57. The molecule has 0 radical (unpaired) electrons. The van der Waals surface area contributed by atoms with Crippen molar-refractivity contribution >= 4 is 34.0 Å². The second kappa shape index (κ2) is 7.45. The minimum atomic E-state index is -1.39. The molecule has 1 atom stereocenters. The summed E-state index contributed by atoms with van der Waals surface area (Å²) in [5.74, 6) is -0.517. The molecule has 1 aliphatic heterocycles. The predicted molar refractivity (Wildman–Crippen MR) is 95.2 cm³/mol. The Morgan fingerprint density at radius 1 is 1.25 bits per heavy atom. The van der Waals surface area contributed by atoms with Crippen molar-refractivity contribution in [2.75, 3.05) is 17.2 Å². The molecule has 24 heavy (non-hydrogen) atoms. The van der Waals surface area contributed by atoms with E-state index in [0.717, 1.165) is 24.1 Å². The monoisotopic (exact) mass is 365 g/mol. The summed E-state index contributed by atoms with van der Waals surface area (Å²) in [6, 6.07) is 11.8. The van der Waals surface area contributed by atoms with Gasteiger partial charge in [-0.15, -0.1) is 0 Å². The molecule has 1 unspecified atom stereocenters. The molecule has 1 aliphatic rings. The van der Waals surface area contributed by atoms with Gasteiger partial charge in [0.2, 0.25) is 5.91 Å². The molecule has 6 heteroatoms. The lowest BCUT2D eigenvalue weighted by Crippen LogP contribution is -2.38. The smallest absolute Gasteiger partial charge is 0.239 e. The third-order valence-corrected chi connectivity index (χ3v) is 5.58. The molecule has 126 valence electrons. The normalized spacial score (nSPS) is 15.0. The molecule has 0 spiro atoms. The van der Waals surface area contributed by atoms with Gasteiger partial charge in [-0.25, -0.2) is 4.39 Å². The van der Waals surface area contributed by atoms with Crippen molar-refractivity contribution < 1.29 is 13.4 Å². The van der Waals surface area contributed by atoms with Crippen molar-refractivity contribution in [3.05, 3.63) is 64.4 Å². The van der Waals surface area contributed by atoms with Crippen molar-refractivity contribution in [2.45, 2.75) is 18.6 Å². The molecule has 2 aromatic rings. The summed E-state index contributed by atoms with van der Waals surface area (Å²) in [6.45, 7) is 0.643. The van der Waals surface area contributed by atoms with Crippen LogP contribution in [0.25, 0.3) is 0 Å². The van der Waals surface area contributed by atoms with E-state index >= 15 is 0 Å². The fourth-order valence-electron chi connectivity index (χ4n) is 2.87. The Morgan fingerprint density at radius 2 is 2.04 bits per heavy atom. The number of anilines is 1. The number of hydrogen-bond acceptors (Lipinski definition) is 2. The van der Waals surface area contributed by atoms with Crippen LogP contribution in [0.5, 0.6) is 0 Å². The zero-order chi connectivity index (χ0) is 17.1. The number of amides is 1. The van der Waals surface area contributed by atoms with Crippen molar-refractivity contribution in [3.8, 4) is 0 Å². The van der Waals surface area contributed by atoms with Crippen LogP contribution >= 0.6 is 11.6 Å². The Morgan fingerprint density at radius 3 is 2.83 bits per heavy atom. The summed E-state index contributed by atoms with van der Waals surface area (Å²) >= 11 is 5.96. The van der Waals surface area contributed by atoms with E-state index in [0.29, 0.717) is 12.1 Å². The van der Waals surface area contributed by atoms with E-state index in [-0.39, 0.29) is 22.4 Å². The van der Waals surface area contributed by atoms with Crippen LogP contribution in [0.2, 0.25) is 5.02 Å². The van der Waals surface area contributed by atoms with Gasteiger partial charge in [0.05, 0.1) is 5.75 Å². The summed E-state index contributed by atoms with van der Waals surface area (Å²) in [7, 11) is -1.39. The molecule has 3 rings (SSSR count). The molecule has 1 heterocycles. The number of rotatable bonds is 4. The number of aryl methyl sites for hydroxylation is 1. The van der Waals surface area contributed by atoms with E-state index in [1.807, 2.05) is 24.3 Å². The lowest BCUT2D eigenvalue weighted by molar-refractivity contribution is -0.116. The molecule has 0 saturated carbocycles. The fourth-order valence-corrected chi connectivity index (χ4v) is 4.32. The molecule has 0 fully saturated rings. The van der Waals surface area contributed by atoms with Crippen molar-refractivity contribution in [1.82, 2.24) is 0 Å². The minimum Gasteiger partial charge on any atom is -0.311 e. The molecule has 0 aromatic heterocycles. The Bertz CT molecular complexity index is 796. The number of carbonyl (C=O) groups excluding carboxylic acids is 1. The van der Waals surface area contributed by atoms with Gasteiger partial charge in [-0.05, 0) is 42.2 Å². The minimum absolute atomic E-state index is 0.0674. The topological polar surface area (TPSA) is 37.4 Å². The maximum Gasteiger partial charge on any atom is 0.239 e. The highest BCUT2D eigenvalue weighted by Crippen LogP contribution is 2.27. The Labute approximate surface area is 147 Å². The molecule has 2 aromatic carbocycles. The Hall–Kier alpha value is -1.72. The maximum atomic E-state index is 13.1. The van der Waals surface area contributed by atoms with Crippen LogP contribution < -0.4 is 4.90 Å². The van der Waals surface area contributed by atoms with Gasteiger partial charge in [-0.3, -0.25) is 9.00 Å². The van der Waals surface area contributed by atoms with E-state index in [1.165, 1.54) is 18.2 Å². The van der Waals surface area contributed by atoms with Gasteiger partial charge in [0.15, 0.2) is 0 Å². The van der Waals surface area contributed by atoms with Gasteiger partial charge in [-0.2, -0.15) is 0 Å². The summed E-state index contributed by atoms with van der Waals surface area (Å²) < 4.78 is 25.4. The van der Waals surface area contributed by atoms with Gasteiger partial charge in [0.1, 0.15) is 11.6 Å². The van der Waals surface area contributed by atoms with Crippen LogP contribution in [0.1, 0.15) is 17.5 Å². The quantitative estimate of drug-likeness (QED) is 0.828. The highest BCUT2D eigenvalue weighted by molar-refractivity contribution is 7.85. The fraction of sp³-hybridized carbons (Fsp3) is 0.278. The van der Waals surface area contributed by atoms with Gasteiger partial charge < -0.3 is 4.90 Å². The average molecular weight is 366 g/mol. The van der Waals surface area contributed by atoms with E-state index in [4.69, 9.17) is 11.6 Å². The molecule has 0 bridgehead atoms. The number of halogens is 2. The molecular formula is C18H17ClFNO2S. The van der Waals surface area contributed by atoms with Crippen LogP contribution in [0.3, 0.4) is 0 Å². The number of benzene rings is 2. The molecule has 0 saturated heterocycles. The Kier molecular flexibility index (Phi) is 5.31. The predicted octanol–water partition coefficient (Wildman–Crippen LogP) is 3.71. The van der Waals surface area contributed by atoms with Gasteiger partial charge in [0, 0.05) is 28.1 Å². The zero-order valence-corrected chi connectivity index (χ0v) is 14.6. The van der Waals surface area contributed by atoms with E-state index < -0.39 is 16.6 Å². The standard InChI is InChI=1S/C18H17ClFNO2S/c19-16-10-15(20)8-7-14(16)11-24(23)12-18(22)21-9-3-5-13-4-1-2-6-17(13)21/h1-2,4,6-8,10H,3,5,9,11-12H2. The molecule has 1 amide bonds. The second-order valence-electron chi connectivity index (χ2n) is 5.74. The van der Waals surface area contributed by atoms with E-state index in [2.05, 4.69) is 0 Å². The largest absolute Gasteiger partial charge is 0.311 e. The third-order valence-electron chi connectivity index (χ3n) is 4.03. The highest BCUT2D eigenvalue weighted by Gasteiger charge is 2.23. The molecule has 0 aliphatic carbocycles. The highest BCUT2D eigenvalue weighted by atomic mass is 35.5. The van der Waals surface area contributed by atoms with Crippen LogP contribution in [0, 0.1) is 5.82 Å². The first-order valence-electron chi connectivity index (χ1n) is 7.72. The molecule has 3 nitrogen and oxygen atoms in total. The Balaban J connectivity index is 1.68. The number of nitrogens with zero attached hydrogens (tertiary/aromatic N) is 1. The molecular weight excluding hydrogens is 349 g/mol. The summed E-state index contributed by atoms with van der Waals surface area (Å²) in [5, 5.41) is 0.235. The maximum absolute atomic E-state index is 13.1. The van der Waals surface area contributed by atoms with Crippen molar-refractivity contribution in [3.63, 3.8) is 0 Å². The van der Waals surface area contributed by atoms with Crippen molar-refractivity contribution in [2.24, 2.45) is 0 Å². The first-order valence-corrected chi connectivity index (χ1v) is 9.58. The van der Waals surface area contributed by atoms with Crippen molar-refractivity contribution in [1.29, 1.82) is 0 Å². The number of fused-ring (bicyclic) bond motifs is 1. The molecule has 0 N–H and O–H groups in total. The van der Waals surface area contributed by atoms with Gasteiger partial charge in [-0.1, -0.05) is 35.9 Å². The number of para-hydroxylation sites is 1.